The second kappa shape index (κ2) is 15.4. The first kappa shape index (κ1) is 33.1. The Morgan fingerprint density at radius 2 is 1.66 bits per heavy atom. The van der Waals surface area contributed by atoms with E-state index >= 15 is 0 Å². The van der Waals surface area contributed by atoms with Crippen molar-refractivity contribution in [3.8, 4) is 0 Å². The van der Waals surface area contributed by atoms with E-state index in [9.17, 15) is 14.7 Å². The lowest BCUT2D eigenvalue weighted by atomic mass is 9.70. The second-order valence-corrected chi connectivity index (χ2v) is 16.4. The molecule has 0 aromatic heterocycles. The molecule has 0 radical (unpaired) electrons. The van der Waals surface area contributed by atoms with Crippen LogP contribution in [0.15, 0.2) is 0 Å². The number of nitrogens with one attached hydrogen (secondary N) is 2. The van der Waals surface area contributed by atoms with Gasteiger partial charge in [0, 0.05) is 55.4 Å². The molecule has 250 valence electrons. The molecule has 6 aliphatic rings. The number of amides is 2. The fourth-order valence-electron chi connectivity index (χ4n) is 9.29. The molecule has 3 heterocycles. The van der Waals surface area contributed by atoms with Crippen LogP contribution in [0.2, 0.25) is 0 Å². The Morgan fingerprint density at radius 1 is 0.932 bits per heavy atom. The zero-order valence-electron chi connectivity index (χ0n) is 26.8. The molecule has 0 bridgehead atoms. The molecule has 3 saturated carbocycles. The normalized spacial score (nSPS) is 40.6. The lowest BCUT2D eigenvalue weighted by Crippen LogP contribution is -2.50. The van der Waals surface area contributed by atoms with E-state index in [-0.39, 0.29) is 23.8 Å². The lowest BCUT2D eigenvalue weighted by molar-refractivity contribution is -0.141. The molecule has 44 heavy (non-hydrogen) atoms. The molecule has 2 amide bonds. The van der Waals surface area contributed by atoms with Crippen LogP contribution in [0.4, 0.5) is 0 Å². The lowest BCUT2D eigenvalue weighted by Gasteiger charge is -2.44. The van der Waals surface area contributed by atoms with Crippen molar-refractivity contribution in [2.45, 2.75) is 113 Å². The van der Waals surface area contributed by atoms with E-state index in [2.05, 4.69) is 43.3 Å². The number of carbonyl (C=O) groups is 2. The topological polar surface area (TPSA) is 103 Å². The van der Waals surface area contributed by atoms with Gasteiger partial charge in [0.05, 0.1) is 31.6 Å². The van der Waals surface area contributed by atoms with E-state index in [0.717, 1.165) is 96.8 Å². The summed E-state index contributed by atoms with van der Waals surface area (Å²) in [5.41, 5.74) is 0. The first-order valence-corrected chi connectivity index (χ1v) is 18.8. The number of aliphatic hydroxyl groups is 1. The van der Waals surface area contributed by atoms with Crippen molar-refractivity contribution in [1.82, 2.24) is 20.4 Å². The standard InChI is InChI=1S/C34H57BrN4O5/c1-22-32(44-21-37-22)20-43-31-9-6-27-17-38(12-10-25(27)15-31)19-30(40)16-36-33(41)26-2-3-28-18-39(13-11-24(28)14-26)34(42)23-4-7-29(35)8-5-23/h22-32,37,40H,2-21H2,1H3,(H,36,41)/t22?,23?,24?,25?,26?,27?,28?,29?,30-,31?,32?/m0/s1. The number of hydrogen-bond acceptors (Lipinski definition) is 7. The Hall–Kier alpha value is -0.780. The van der Waals surface area contributed by atoms with Crippen LogP contribution in [-0.2, 0) is 19.1 Å². The molecule has 3 aliphatic carbocycles. The first-order chi connectivity index (χ1) is 21.3. The van der Waals surface area contributed by atoms with Crippen LogP contribution in [0.1, 0.15) is 84.0 Å². The molecule has 0 aromatic rings. The van der Waals surface area contributed by atoms with Gasteiger partial charge in [0.25, 0.3) is 0 Å². The molecule has 10 heteroatoms. The monoisotopic (exact) mass is 680 g/mol. The molecule has 9 atom stereocenters. The van der Waals surface area contributed by atoms with Crippen molar-refractivity contribution in [3.05, 3.63) is 0 Å². The maximum absolute atomic E-state index is 13.2. The number of ether oxygens (including phenoxy) is 2. The quantitative estimate of drug-likeness (QED) is 0.320. The van der Waals surface area contributed by atoms with Gasteiger partial charge < -0.3 is 29.7 Å². The van der Waals surface area contributed by atoms with E-state index < -0.39 is 6.10 Å². The molecule has 0 aromatic carbocycles. The number of aliphatic hydroxyl groups excluding tert-OH is 1. The number of rotatable bonds is 9. The summed E-state index contributed by atoms with van der Waals surface area (Å²) >= 11 is 3.71. The first-order valence-electron chi connectivity index (χ1n) is 17.9. The van der Waals surface area contributed by atoms with Gasteiger partial charge in [-0.2, -0.15) is 0 Å². The highest BCUT2D eigenvalue weighted by molar-refractivity contribution is 9.09. The van der Waals surface area contributed by atoms with Crippen LogP contribution in [0.25, 0.3) is 0 Å². The Morgan fingerprint density at radius 3 is 2.45 bits per heavy atom. The second-order valence-electron chi connectivity index (χ2n) is 15.1. The minimum Gasteiger partial charge on any atom is -0.390 e. The number of piperidine rings is 2. The summed E-state index contributed by atoms with van der Waals surface area (Å²) in [6.07, 6.45) is 12.6. The van der Waals surface area contributed by atoms with Crippen LogP contribution < -0.4 is 10.6 Å². The summed E-state index contributed by atoms with van der Waals surface area (Å²) in [7, 11) is 0. The molecule has 6 fully saturated rings. The van der Waals surface area contributed by atoms with Crippen molar-refractivity contribution in [3.63, 3.8) is 0 Å². The van der Waals surface area contributed by atoms with E-state index in [1.807, 2.05) is 0 Å². The third-order valence-corrected chi connectivity index (χ3v) is 13.1. The van der Waals surface area contributed by atoms with Gasteiger partial charge in [0.15, 0.2) is 0 Å². The van der Waals surface area contributed by atoms with Crippen LogP contribution >= 0.6 is 15.9 Å². The molecule has 3 saturated heterocycles. The highest BCUT2D eigenvalue weighted by Gasteiger charge is 2.40. The van der Waals surface area contributed by atoms with E-state index in [1.165, 1.54) is 6.42 Å². The third kappa shape index (κ3) is 8.38. The highest BCUT2D eigenvalue weighted by Crippen LogP contribution is 2.41. The maximum atomic E-state index is 13.2. The summed E-state index contributed by atoms with van der Waals surface area (Å²) in [6, 6.07) is 0.357. The number of halogens is 1. The SMILES string of the molecule is CC1NCOC1COC1CCC2CN(C[C@@H](O)CNC(=O)C3CCC4CN(C(=O)C5CCC(Br)CC5)CCC4C3)CCC2C1. The van der Waals surface area contributed by atoms with Gasteiger partial charge in [0.1, 0.15) is 0 Å². The molecule has 3 N–H and O–H groups in total. The summed E-state index contributed by atoms with van der Waals surface area (Å²) in [5, 5.41) is 17.3. The average Bonchev–Trinajstić information content (AvgIpc) is 3.46. The van der Waals surface area contributed by atoms with Crippen molar-refractivity contribution in [1.29, 1.82) is 0 Å². The summed E-state index contributed by atoms with van der Waals surface area (Å²) in [6.45, 7) is 8.20. The molecular weight excluding hydrogens is 624 g/mol. The molecule has 9 nitrogen and oxygen atoms in total. The largest absolute Gasteiger partial charge is 0.390 e. The minimum absolute atomic E-state index is 0.0350. The van der Waals surface area contributed by atoms with Crippen molar-refractivity contribution in [2.24, 2.45) is 35.5 Å². The van der Waals surface area contributed by atoms with Gasteiger partial charge in [0.2, 0.25) is 11.8 Å². The van der Waals surface area contributed by atoms with Gasteiger partial charge >= 0.3 is 0 Å². The molecular formula is C34H57BrN4O5. The van der Waals surface area contributed by atoms with Crippen molar-refractivity contribution >= 4 is 27.7 Å². The van der Waals surface area contributed by atoms with Gasteiger partial charge in [-0.25, -0.2) is 0 Å². The zero-order valence-corrected chi connectivity index (χ0v) is 28.4. The average molecular weight is 682 g/mol. The van der Waals surface area contributed by atoms with Crippen LogP contribution in [0.5, 0.6) is 0 Å². The highest BCUT2D eigenvalue weighted by atomic mass is 79.9. The Bertz CT molecular complexity index is 966. The fourth-order valence-corrected chi connectivity index (χ4v) is 9.82. The smallest absolute Gasteiger partial charge is 0.225 e. The van der Waals surface area contributed by atoms with Crippen LogP contribution in [-0.4, -0.2) is 109 Å². The van der Waals surface area contributed by atoms with Gasteiger partial charge in [-0.05, 0) is 114 Å². The Kier molecular flexibility index (Phi) is 11.6. The minimum atomic E-state index is -0.539. The number of likely N-dealkylation sites (tertiary alicyclic amines) is 2. The molecule has 6 rings (SSSR count). The zero-order chi connectivity index (χ0) is 30.6. The number of carbonyl (C=O) groups excluding carboxylic acids is 2. The summed E-state index contributed by atoms with van der Waals surface area (Å²) in [4.78, 5) is 31.4. The summed E-state index contributed by atoms with van der Waals surface area (Å²) < 4.78 is 12.0. The van der Waals surface area contributed by atoms with Gasteiger partial charge in [-0.1, -0.05) is 15.9 Å². The van der Waals surface area contributed by atoms with Crippen LogP contribution in [0.3, 0.4) is 0 Å². The third-order valence-electron chi connectivity index (χ3n) is 12.2. The molecule has 0 spiro atoms. The van der Waals surface area contributed by atoms with Gasteiger partial charge in [-0.3, -0.25) is 14.9 Å². The molecule has 8 unspecified atom stereocenters. The summed E-state index contributed by atoms with van der Waals surface area (Å²) in [5.74, 6) is 3.17. The van der Waals surface area contributed by atoms with E-state index in [1.54, 1.807) is 0 Å². The number of hydrogen-bond donors (Lipinski definition) is 3. The van der Waals surface area contributed by atoms with Crippen LogP contribution in [0, 0.1) is 35.5 Å². The number of β-amino-alcohol motifs (C(OH)–C–C–N with tert-alkyl or cyclic N) is 1. The fraction of sp³-hybridized carbons (Fsp3) is 0.941. The van der Waals surface area contributed by atoms with Gasteiger partial charge in [-0.15, -0.1) is 0 Å². The predicted octanol–water partition coefficient (Wildman–Crippen LogP) is 3.52. The van der Waals surface area contributed by atoms with Crippen molar-refractivity contribution < 1.29 is 24.2 Å². The number of nitrogens with zero attached hydrogens (tertiary/aromatic N) is 2. The Balaban J connectivity index is 0.860. The maximum Gasteiger partial charge on any atom is 0.225 e. The van der Waals surface area contributed by atoms with E-state index in [0.29, 0.717) is 73.0 Å². The number of alkyl halides is 1. The predicted molar refractivity (Wildman–Crippen MR) is 173 cm³/mol. The van der Waals surface area contributed by atoms with Crippen molar-refractivity contribution in [2.75, 3.05) is 52.6 Å². The number of fused-ring (bicyclic) bond motifs is 2. The van der Waals surface area contributed by atoms with E-state index in [4.69, 9.17) is 9.47 Å². The molecule has 3 aliphatic heterocycles. The Labute approximate surface area is 273 Å².